The number of esters is 1. The highest BCUT2D eigenvalue weighted by Crippen LogP contribution is 2.45. The Kier molecular flexibility index (Phi) is 22.9. The number of carbonyl (C=O) groups excluding carboxylic acids is 3. The number of carboxylic acids is 1. The van der Waals surface area contributed by atoms with E-state index in [1.807, 2.05) is 23.6 Å². The van der Waals surface area contributed by atoms with E-state index in [0.29, 0.717) is 108 Å². The fraction of sp³-hybridized carbons (Fsp3) is 0.540. The molecule has 2 saturated carbocycles. The molecule has 2 aliphatic carbocycles. The Hall–Kier alpha value is -7.53. The van der Waals surface area contributed by atoms with E-state index in [2.05, 4.69) is 30.9 Å². The molecule has 9 rings (SSSR count). The number of ether oxygens (including phenoxy) is 3. The van der Waals surface area contributed by atoms with Crippen LogP contribution < -0.4 is 9.80 Å². The van der Waals surface area contributed by atoms with Crippen LogP contribution in [-0.4, -0.2) is 109 Å². The van der Waals surface area contributed by atoms with Crippen LogP contribution in [-0.2, 0) is 61.6 Å². The zero-order valence-electron chi connectivity index (χ0n) is 51.3. The number of carbonyl (C=O) groups is 4. The fourth-order valence-corrected chi connectivity index (χ4v) is 12.7. The maximum Gasteiger partial charge on any atom is 0.416 e. The molecule has 3 aromatic heterocycles. The van der Waals surface area contributed by atoms with Crippen LogP contribution in [0.5, 0.6) is 0 Å². The third-order valence-electron chi connectivity index (χ3n) is 17.4. The molecule has 0 radical (unpaired) electrons. The largest absolute Gasteiger partial charge is 0.481 e. The molecule has 0 bridgehead atoms. The summed E-state index contributed by atoms with van der Waals surface area (Å²) in [6, 6.07) is 4.01. The molecule has 2 unspecified atom stereocenters. The number of alkyl halides is 12. The number of hydrogen-bond acceptors (Lipinski definition) is 14. The molecule has 2 amide bonds. The van der Waals surface area contributed by atoms with Crippen LogP contribution in [0.25, 0.3) is 11.3 Å². The minimum absolute atomic E-state index is 0.0342. The Balaban J connectivity index is 0.000000240. The first kappa shape index (κ1) is 71.3. The molecule has 506 valence electrons. The van der Waals surface area contributed by atoms with Crippen LogP contribution in [0.3, 0.4) is 0 Å². The Morgan fingerprint density at radius 3 is 1.40 bits per heavy atom. The van der Waals surface area contributed by atoms with E-state index in [-0.39, 0.29) is 55.4 Å². The smallest absolute Gasteiger partial charge is 0.416 e. The topological polar surface area (TPSA) is 194 Å². The molecule has 5 heterocycles. The highest BCUT2D eigenvalue weighted by Gasteiger charge is 2.46. The van der Waals surface area contributed by atoms with Gasteiger partial charge in [-0.2, -0.15) is 52.7 Å². The summed E-state index contributed by atoms with van der Waals surface area (Å²) >= 11 is 3.31. The summed E-state index contributed by atoms with van der Waals surface area (Å²) in [6.45, 7) is 11.0. The molecule has 93 heavy (non-hydrogen) atoms. The quantitative estimate of drug-likeness (QED) is 0.0439. The first-order valence-corrected chi connectivity index (χ1v) is 31.2. The van der Waals surface area contributed by atoms with Gasteiger partial charge in [0.25, 0.3) is 0 Å². The lowest BCUT2D eigenvalue weighted by Crippen LogP contribution is -2.36. The van der Waals surface area contributed by atoms with Crippen molar-refractivity contribution in [2.24, 2.45) is 23.7 Å². The number of aliphatic carboxylic acids is 1. The van der Waals surface area contributed by atoms with E-state index >= 15 is 0 Å². The van der Waals surface area contributed by atoms with Gasteiger partial charge in [0.05, 0.1) is 72.1 Å². The lowest BCUT2D eigenvalue weighted by molar-refractivity contribution is -0.145. The van der Waals surface area contributed by atoms with Gasteiger partial charge in [0.15, 0.2) is 11.6 Å². The third kappa shape index (κ3) is 18.2. The number of nitrogens with zero attached hydrogens (tertiary/aromatic N) is 9. The molecule has 4 aliphatic rings. The number of hydrogen-bond donors (Lipinski definition) is 1. The zero-order valence-corrected chi connectivity index (χ0v) is 52.9. The van der Waals surface area contributed by atoms with E-state index < -0.39 is 101 Å². The molecule has 4 atom stereocenters. The normalized spacial score (nSPS) is 22.0. The van der Waals surface area contributed by atoms with Gasteiger partial charge in [0.2, 0.25) is 0 Å². The SMILES string of the molecule is CCN(CC1CCC(CC(=O)O)CC1)c1ncc(-c2cccnc2)nc1CN1C(=O)OC(c2cc(C(F)(F)F)cc(C(F)(F)F)c2)[C@@H]1C.CCOC(=O)CC1CCC(CN(CC)c2ncc(Br)nc2CN2C(=O)OC(c3cc(C(F)(F)F)cc(C(F)(F)F)c3)[C@@H]2C)CC1. The van der Waals surface area contributed by atoms with Crippen LogP contribution >= 0.6 is 15.9 Å². The maximum absolute atomic E-state index is 13.6. The molecule has 0 spiro atoms. The molecular weight excluding hydrogens is 1320 g/mol. The number of cyclic esters (lactones) is 2. The van der Waals surface area contributed by atoms with E-state index in [0.717, 1.165) is 51.4 Å². The molecule has 30 heteroatoms. The number of rotatable bonds is 20. The van der Waals surface area contributed by atoms with Crippen LogP contribution in [0.4, 0.5) is 73.9 Å². The molecule has 5 aromatic rings. The molecular formula is C63H70BrF12N9O8. The van der Waals surface area contributed by atoms with Crippen LogP contribution in [0.2, 0.25) is 0 Å². The zero-order chi connectivity index (χ0) is 67.9. The lowest BCUT2D eigenvalue weighted by atomic mass is 9.80. The summed E-state index contributed by atoms with van der Waals surface area (Å²) < 4.78 is 179. The summed E-state index contributed by atoms with van der Waals surface area (Å²) in [4.78, 5) is 78.5. The number of aromatic nitrogens is 5. The molecule has 1 N–H and O–H groups in total. The van der Waals surface area contributed by atoms with Crippen molar-refractivity contribution in [3.63, 3.8) is 0 Å². The van der Waals surface area contributed by atoms with Crippen molar-refractivity contribution in [2.75, 3.05) is 42.6 Å². The highest BCUT2D eigenvalue weighted by molar-refractivity contribution is 9.10. The average Bonchev–Trinajstić information content (AvgIpc) is 1.71. The van der Waals surface area contributed by atoms with Crippen molar-refractivity contribution in [3.05, 3.63) is 123 Å². The van der Waals surface area contributed by atoms with Gasteiger partial charge in [-0.3, -0.25) is 24.4 Å². The molecule has 2 aliphatic heterocycles. The lowest BCUT2D eigenvalue weighted by Gasteiger charge is -2.33. The van der Waals surface area contributed by atoms with E-state index in [1.54, 1.807) is 37.6 Å². The predicted molar refractivity (Wildman–Crippen MR) is 317 cm³/mol. The molecule has 2 saturated heterocycles. The molecule has 17 nitrogen and oxygen atoms in total. The first-order valence-electron chi connectivity index (χ1n) is 30.4. The summed E-state index contributed by atoms with van der Waals surface area (Å²) in [5.41, 5.74) is -4.93. The maximum atomic E-state index is 13.6. The average molecular weight is 1390 g/mol. The van der Waals surface area contributed by atoms with Gasteiger partial charge in [-0.1, -0.05) is 0 Å². The molecule has 2 aromatic carbocycles. The number of halogens is 13. The van der Waals surface area contributed by atoms with Gasteiger partial charge in [-0.15, -0.1) is 0 Å². The van der Waals surface area contributed by atoms with Crippen molar-refractivity contribution in [1.82, 2.24) is 34.7 Å². The Morgan fingerprint density at radius 1 is 0.602 bits per heavy atom. The van der Waals surface area contributed by atoms with Crippen molar-refractivity contribution in [3.8, 4) is 11.3 Å². The van der Waals surface area contributed by atoms with E-state index in [1.165, 1.54) is 29.8 Å². The molecule has 4 fully saturated rings. The third-order valence-corrected chi connectivity index (χ3v) is 17.7. The number of benzene rings is 2. The predicted octanol–water partition coefficient (Wildman–Crippen LogP) is 15.7. The van der Waals surface area contributed by atoms with Gasteiger partial charge in [-0.25, -0.2) is 29.5 Å². The van der Waals surface area contributed by atoms with Crippen molar-refractivity contribution in [1.29, 1.82) is 0 Å². The van der Waals surface area contributed by atoms with Crippen molar-refractivity contribution >= 4 is 51.7 Å². The number of pyridine rings is 1. The highest BCUT2D eigenvalue weighted by atomic mass is 79.9. The van der Waals surface area contributed by atoms with Gasteiger partial charge in [0, 0.05) is 57.0 Å². The van der Waals surface area contributed by atoms with Crippen LogP contribution in [0.15, 0.2) is 77.9 Å². The second-order valence-electron chi connectivity index (χ2n) is 23.7. The Morgan fingerprint density at radius 2 is 1.01 bits per heavy atom. The van der Waals surface area contributed by atoms with E-state index in [4.69, 9.17) is 29.3 Å². The summed E-state index contributed by atoms with van der Waals surface area (Å²) in [6.07, 6.45) is -11.1. The summed E-state index contributed by atoms with van der Waals surface area (Å²) in [5.74, 6) is 0.971. The second kappa shape index (κ2) is 29.8. The number of anilines is 2. The van der Waals surface area contributed by atoms with Gasteiger partial charge < -0.3 is 29.1 Å². The number of carboxylic acid groups (broad SMARTS) is 1. The van der Waals surface area contributed by atoms with Crippen LogP contribution in [0, 0.1) is 23.7 Å². The van der Waals surface area contributed by atoms with E-state index in [9.17, 15) is 71.9 Å². The van der Waals surface area contributed by atoms with Crippen LogP contribution in [0.1, 0.15) is 156 Å². The van der Waals surface area contributed by atoms with Gasteiger partial charge in [-0.05, 0) is 185 Å². The monoisotopic (exact) mass is 1390 g/mol. The standard InChI is InChI=1S/C33H35F6N5O4.C30H35BrF6N4O4/c1-3-43(17-21-8-6-20(7-9-21)11-28(45)46)30-27(42-26(16-41-30)22-5-4-10-40-15-22)18-44-19(2)29(48-31(44)47)23-12-24(32(34,35)36)14-25(13-23)33(37,38)39;1-4-40(15-19-8-6-18(7-9-19)10-25(42)44-5-2)27-23(39-24(31)14-38-27)16-41-17(3)26(45-28(41)43)20-11-21(29(32,33)34)13-22(12-20)30(35,36)37/h4-5,10,12-16,19-21,29H,3,6-9,11,17-18H2,1-2H3,(H,45,46);11-14,17-19,26H,4-10,15-16H2,1-3H3/t19-,20?,21?,29?;17-,18?,19?,26?/m00/s1. The summed E-state index contributed by atoms with van der Waals surface area (Å²) in [5, 5.41) is 9.17. The van der Waals surface area contributed by atoms with Gasteiger partial charge >= 0.3 is 48.8 Å². The van der Waals surface area contributed by atoms with Gasteiger partial charge in [0.1, 0.15) is 28.2 Å². The first-order chi connectivity index (χ1) is 43.7. The number of amides is 2. The minimum atomic E-state index is -5.06. The Labute approximate surface area is 536 Å². The minimum Gasteiger partial charge on any atom is -0.481 e. The second-order valence-corrected chi connectivity index (χ2v) is 24.5. The van der Waals surface area contributed by atoms with Crippen molar-refractivity contribution in [2.45, 2.75) is 161 Å². The fourth-order valence-electron chi connectivity index (χ4n) is 12.4. The summed E-state index contributed by atoms with van der Waals surface area (Å²) in [7, 11) is 0. The Bertz CT molecular complexity index is 3360. The van der Waals surface area contributed by atoms with Crippen molar-refractivity contribution < 1.29 is 91.2 Å².